The van der Waals surface area contributed by atoms with Gasteiger partial charge in [0.1, 0.15) is 28.4 Å². The molecule has 6 unspecified atom stereocenters. The van der Waals surface area contributed by atoms with E-state index in [1.54, 1.807) is 20.4 Å². The molecule has 26 nitrogen and oxygen atoms in total. The first-order chi connectivity index (χ1) is 52.1. The van der Waals surface area contributed by atoms with Gasteiger partial charge in [-0.25, -0.2) is 54.8 Å². The first kappa shape index (κ1) is 70.3. The smallest absolute Gasteiger partial charge is 0.212 e. The van der Waals surface area contributed by atoms with Crippen molar-refractivity contribution >= 4 is 29.1 Å². The quantitative estimate of drug-likeness (QED) is 0.0598. The molecule has 6 bridgehead atoms. The zero-order valence-electron chi connectivity index (χ0n) is 61.5. The fraction of sp³-hybridized carbons (Fsp3) is 0.362. The van der Waals surface area contributed by atoms with Crippen molar-refractivity contribution in [1.29, 1.82) is 0 Å². The Labute approximate surface area is 627 Å². The van der Waals surface area contributed by atoms with Crippen molar-refractivity contribution in [2.45, 2.75) is 136 Å². The molecule has 12 aromatic heterocycles. The molecular weight excluding hydrogens is 1360 g/mol. The summed E-state index contributed by atoms with van der Waals surface area (Å²) >= 11 is 5.93. The molecule has 27 heteroatoms. The van der Waals surface area contributed by atoms with E-state index in [9.17, 15) is 0 Å². The van der Waals surface area contributed by atoms with Crippen LogP contribution in [0.3, 0.4) is 0 Å². The number of rotatable bonds is 20. The molecule has 0 saturated carbocycles. The predicted octanol–water partition coefficient (Wildman–Crippen LogP) is 10.7. The van der Waals surface area contributed by atoms with Crippen molar-refractivity contribution in [2.75, 3.05) is 68.2 Å². The van der Waals surface area contributed by atoms with Gasteiger partial charge >= 0.3 is 0 Å². The molecule has 21 rings (SSSR count). The minimum Gasteiger partial charge on any atom is -0.495 e. The highest BCUT2D eigenvalue weighted by atomic mass is 35.5. The van der Waals surface area contributed by atoms with Crippen molar-refractivity contribution in [3.63, 3.8) is 0 Å². The molecule has 107 heavy (non-hydrogen) atoms. The van der Waals surface area contributed by atoms with Crippen LogP contribution in [0.1, 0.15) is 104 Å². The van der Waals surface area contributed by atoms with E-state index < -0.39 is 0 Å². The number of piperidine rings is 3. The molecule has 0 aliphatic carbocycles. The molecule has 9 aliphatic rings. The van der Waals surface area contributed by atoms with Crippen molar-refractivity contribution in [3.05, 3.63) is 237 Å². The second-order valence-electron chi connectivity index (χ2n) is 29.1. The summed E-state index contributed by atoms with van der Waals surface area (Å²) in [5.41, 5.74) is 18.1. The van der Waals surface area contributed by atoms with Gasteiger partial charge in [-0.1, -0.05) is 23.7 Å². The van der Waals surface area contributed by atoms with E-state index in [2.05, 4.69) is 144 Å². The van der Waals surface area contributed by atoms with Crippen LogP contribution in [-0.2, 0) is 38.9 Å². The number of nitrogens with zero attached hydrogens (tertiary/aromatic N) is 21. The lowest BCUT2D eigenvalue weighted by Gasteiger charge is -2.56. The Bertz CT molecular complexity index is 4790. The third-order valence-electron chi connectivity index (χ3n) is 21.0. The molecule has 6 atom stereocenters. The number of fused-ring (bicyclic) bond motifs is 6. The van der Waals surface area contributed by atoms with Crippen LogP contribution in [0, 0.1) is 41.5 Å². The summed E-state index contributed by atoms with van der Waals surface area (Å²) in [6, 6.07) is 39.9. The number of aryl methyl sites for hydroxylation is 6. The molecule has 9 saturated heterocycles. The van der Waals surface area contributed by atoms with Crippen molar-refractivity contribution < 1.29 is 9.47 Å². The average molecular weight is 1450 g/mol. The number of ether oxygens (including phenoxy) is 2. The predicted molar refractivity (Wildman–Crippen MR) is 409 cm³/mol. The monoisotopic (exact) mass is 1450 g/mol. The molecule has 546 valence electrons. The van der Waals surface area contributed by atoms with Gasteiger partial charge in [0, 0.05) is 202 Å². The SMILES string of the molecule is COc1ccc(CN2C3CC2CN(c2ccc(-c4nc(C)cc(Cc5cc(C)[nH]n5)n4)cn2)C3)cn1.COc1ccc(CN2C3CC2CN(c2ccc(-c4nc(C)cc(Cc5cc(C)[nH]n5)n4)cn2)C3)nc1.Cc1cc(Cc2cc(C)[nH]n2)nc(-c2ccc(N3CC4CC(C3)N4Cc3ccc(Cl)nc3)nc2)n1. The van der Waals surface area contributed by atoms with Gasteiger partial charge in [-0.05, 0) is 163 Å². The minimum atomic E-state index is 0.530. The number of pyridine rings is 6. The number of hydrogen-bond acceptors (Lipinski definition) is 23. The van der Waals surface area contributed by atoms with Crippen LogP contribution < -0.4 is 24.2 Å². The Balaban J connectivity index is 0.000000123. The third-order valence-corrected chi connectivity index (χ3v) is 21.2. The number of anilines is 3. The highest BCUT2D eigenvalue weighted by molar-refractivity contribution is 6.29. The highest BCUT2D eigenvalue weighted by Gasteiger charge is 2.47. The van der Waals surface area contributed by atoms with Crippen LogP contribution >= 0.6 is 11.6 Å². The second kappa shape index (κ2) is 30.8. The van der Waals surface area contributed by atoms with Crippen LogP contribution in [-0.4, -0.2) is 195 Å². The second-order valence-corrected chi connectivity index (χ2v) is 29.5. The van der Waals surface area contributed by atoms with Gasteiger partial charge in [-0.2, -0.15) is 15.3 Å². The average Bonchev–Trinajstić information content (AvgIpc) is 1.24. The topological polar surface area (TPSA) is 279 Å². The lowest BCUT2D eigenvalue weighted by molar-refractivity contribution is -0.00969. The molecule has 0 spiro atoms. The Morgan fingerprint density at radius 3 is 1.07 bits per heavy atom. The molecule has 0 aromatic carbocycles. The van der Waals surface area contributed by atoms with Crippen LogP contribution in [0.25, 0.3) is 34.2 Å². The zero-order chi connectivity index (χ0) is 73.2. The summed E-state index contributed by atoms with van der Waals surface area (Å²) < 4.78 is 10.4. The largest absolute Gasteiger partial charge is 0.495 e. The lowest BCUT2D eigenvalue weighted by Crippen LogP contribution is -2.68. The molecule has 9 fully saturated rings. The Morgan fingerprint density at radius 2 is 0.757 bits per heavy atom. The molecule has 0 radical (unpaired) electrons. The number of aromatic nitrogens is 18. The van der Waals surface area contributed by atoms with E-state index >= 15 is 0 Å². The number of aromatic amines is 3. The van der Waals surface area contributed by atoms with Gasteiger partial charge in [0.05, 0.1) is 60.3 Å². The first-order valence-corrected chi connectivity index (χ1v) is 37.0. The van der Waals surface area contributed by atoms with E-state index in [0.29, 0.717) is 84.0 Å². The number of halogens is 1. The van der Waals surface area contributed by atoms with Crippen LogP contribution in [0.2, 0.25) is 5.15 Å². The van der Waals surface area contributed by atoms with Crippen LogP contribution in [0.5, 0.6) is 11.6 Å². The number of H-pyrrole nitrogens is 3. The lowest BCUT2D eigenvalue weighted by atomic mass is 9.87. The van der Waals surface area contributed by atoms with Crippen LogP contribution in [0.15, 0.2) is 146 Å². The van der Waals surface area contributed by atoms with Gasteiger partial charge in [0.2, 0.25) is 5.88 Å². The standard InChI is InChI=1S/2C27H30N8O.C26H27ClN8/c1-17-8-21(10-22-9-18(2)32-33-22)31-27(30-17)19-4-7-26(29-12-19)34-15-23-11-24(16-34)35(23)14-20-5-6-25(36-3)13-28-20;1-17-8-21(10-22-9-18(2)32-33-22)31-27(30-17)20-5-6-25(28-13-20)34-15-23-11-24(16-34)35(23)14-19-4-7-26(36-3)29-12-19;1-16-7-20(9-21-8-17(2)32-33-21)31-26(30-16)19-4-6-25(29-12-19)34-14-22-10-23(15-34)35(22)13-18-3-5-24(27)28-11-18/h2*4-9,12-13,23-24H,10-11,14-16H2,1-3H3,(H,32,33);3-8,11-12,22-23H,9-10,13-15H2,1-2H3,(H,32,33). The molecular formula is C80H87ClN24O2. The van der Waals surface area contributed by atoms with E-state index in [1.165, 1.54) is 30.4 Å². The summed E-state index contributed by atoms with van der Waals surface area (Å²) in [4.78, 5) is 70.7. The van der Waals surface area contributed by atoms with E-state index in [-0.39, 0.29) is 0 Å². The van der Waals surface area contributed by atoms with Gasteiger partial charge in [0.15, 0.2) is 17.5 Å². The fourth-order valence-corrected chi connectivity index (χ4v) is 15.8. The maximum atomic E-state index is 5.93. The van der Waals surface area contributed by atoms with Gasteiger partial charge in [0.25, 0.3) is 0 Å². The Hall–Kier alpha value is -11.1. The zero-order valence-corrected chi connectivity index (χ0v) is 62.3. The summed E-state index contributed by atoms with van der Waals surface area (Å²) in [6.07, 6.45) is 17.0. The summed E-state index contributed by atoms with van der Waals surface area (Å²) in [5, 5.41) is 22.5. The highest BCUT2D eigenvalue weighted by Crippen LogP contribution is 2.39. The molecule has 0 amide bonds. The van der Waals surface area contributed by atoms with E-state index in [0.717, 1.165) is 173 Å². The van der Waals surface area contributed by atoms with Crippen molar-refractivity contribution in [2.24, 2.45) is 0 Å². The van der Waals surface area contributed by atoms with Gasteiger partial charge in [-0.3, -0.25) is 35.0 Å². The molecule has 9 aliphatic heterocycles. The van der Waals surface area contributed by atoms with Crippen molar-refractivity contribution in [1.82, 2.24) is 105 Å². The molecule has 12 aromatic rings. The summed E-state index contributed by atoms with van der Waals surface area (Å²) in [5.74, 6) is 6.60. The number of methoxy groups -OCH3 is 2. The summed E-state index contributed by atoms with van der Waals surface area (Å²) in [7, 11) is 3.31. The molecule has 21 heterocycles. The number of nitrogens with one attached hydrogen (secondary N) is 3. The fourth-order valence-electron chi connectivity index (χ4n) is 15.7. The maximum Gasteiger partial charge on any atom is 0.212 e. The van der Waals surface area contributed by atoms with E-state index in [4.69, 9.17) is 51.0 Å². The first-order valence-electron chi connectivity index (χ1n) is 36.6. The minimum absolute atomic E-state index is 0.530. The Morgan fingerprint density at radius 1 is 0.364 bits per heavy atom. The van der Waals surface area contributed by atoms with Crippen LogP contribution in [0.4, 0.5) is 17.5 Å². The van der Waals surface area contributed by atoms with Crippen molar-refractivity contribution in [3.8, 4) is 45.8 Å². The molecule has 3 N–H and O–H groups in total. The maximum absolute atomic E-state index is 5.93. The van der Waals surface area contributed by atoms with Gasteiger partial charge < -0.3 is 24.2 Å². The van der Waals surface area contributed by atoms with Gasteiger partial charge in [-0.15, -0.1) is 0 Å². The summed E-state index contributed by atoms with van der Waals surface area (Å²) in [6.45, 7) is 20.6. The van der Waals surface area contributed by atoms with E-state index in [1.807, 2.05) is 127 Å². The normalized spacial score (nSPS) is 19.4. The number of hydrogen-bond donors (Lipinski definition) is 3. The third kappa shape index (κ3) is 16.4. The Kier molecular flexibility index (Phi) is 20.2. The number of piperazine rings is 3.